The standard InChI is InChI=1S/C20H24N2O/c21-14-18-7-4-8-19(18)22-20(23)13-15-9-11-17(12-10-15)16-5-2-1-3-6-16/h1-3,5-6,9-12,18-19H,4,7-8,13-14,21H2,(H,22,23). The summed E-state index contributed by atoms with van der Waals surface area (Å²) in [4.78, 5) is 12.2. The summed E-state index contributed by atoms with van der Waals surface area (Å²) < 4.78 is 0. The number of nitrogens with one attached hydrogen (secondary N) is 1. The Kier molecular flexibility index (Phi) is 5.09. The number of nitrogens with two attached hydrogens (primary N) is 1. The van der Waals surface area contributed by atoms with Crippen molar-refractivity contribution in [2.24, 2.45) is 11.7 Å². The molecule has 0 spiro atoms. The van der Waals surface area contributed by atoms with Crippen molar-refractivity contribution in [2.75, 3.05) is 6.54 Å². The van der Waals surface area contributed by atoms with E-state index in [2.05, 4.69) is 29.6 Å². The zero-order chi connectivity index (χ0) is 16.1. The fourth-order valence-corrected chi connectivity index (χ4v) is 3.40. The van der Waals surface area contributed by atoms with E-state index in [1.54, 1.807) is 0 Å². The molecule has 0 aliphatic heterocycles. The van der Waals surface area contributed by atoms with Crippen LogP contribution in [-0.4, -0.2) is 18.5 Å². The molecule has 0 heterocycles. The van der Waals surface area contributed by atoms with Gasteiger partial charge in [0.25, 0.3) is 0 Å². The van der Waals surface area contributed by atoms with Crippen molar-refractivity contribution < 1.29 is 4.79 Å². The zero-order valence-corrected chi connectivity index (χ0v) is 13.4. The molecular formula is C20H24N2O. The molecule has 1 aliphatic rings. The van der Waals surface area contributed by atoms with Crippen LogP contribution in [-0.2, 0) is 11.2 Å². The number of hydrogen-bond acceptors (Lipinski definition) is 2. The van der Waals surface area contributed by atoms with Crippen molar-refractivity contribution in [3.05, 3.63) is 60.2 Å². The summed E-state index contributed by atoms with van der Waals surface area (Å²) in [6.07, 6.45) is 3.79. The maximum atomic E-state index is 12.2. The number of amides is 1. The highest BCUT2D eigenvalue weighted by molar-refractivity contribution is 5.79. The Morgan fingerprint density at radius 3 is 2.39 bits per heavy atom. The lowest BCUT2D eigenvalue weighted by Gasteiger charge is -2.19. The molecule has 0 bridgehead atoms. The molecule has 2 atom stereocenters. The van der Waals surface area contributed by atoms with E-state index < -0.39 is 0 Å². The normalized spacial score (nSPS) is 20.4. The van der Waals surface area contributed by atoms with Gasteiger partial charge in [-0.1, -0.05) is 61.0 Å². The molecule has 3 heteroatoms. The van der Waals surface area contributed by atoms with Crippen LogP contribution >= 0.6 is 0 Å². The molecule has 1 aliphatic carbocycles. The molecule has 1 amide bonds. The van der Waals surface area contributed by atoms with Crippen LogP contribution in [0.3, 0.4) is 0 Å². The quantitative estimate of drug-likeness (QED) is 0.891. The van der Waals surface area contributed by atoms with E-state index in [4.69, 9.17) is 5.73 Å². The van der Waals surface area contributed by atoms with E-state index in [-0.39, 0.29) is 11.9 Å². The second-order valence-corrected chi connectivity index (χ2v) is 6.34. The highest BCUT2D eigenvalue weighted by Crippen LogP contribution is 2.24. The van der Waals surface area contributed by atoms with Gasteiger partial charge in [-0.05, 0) is 42.0 Å². The Labute approximate surface area is 137 Å². The van der Waals surface area contributed by atoms with E-state index in [1.807, 2.05) is 30.3 Å². The lowest BCUT2D eigenvalue weighted by molar-refractivity contribution is -0.121. The van der Waals surface area contributed by atoms with E-state index in [0.29, 0.717) is 18.9 Å². The third-order valence-electron chi connectivity index (χ3n) is 4.73. The summed E-state index contributed by atoms with van der Waals surface area (Å²) in [5.41, 5.74) is 9.19. The molecule has 0 saturated heterocycles. The highest BCUT2D eigenvalue weighted by Gasteiger charge is 2.27. The van der Waals surface area contributed by atoms with Crippen LogP contribution < -0.4 is 11.1 Å². The first-order valence-corrected chi connectivity index (χ1v) is 8.40. The summed E-state index contributed by atoms with van der Waals surface area (Å²) in [5, 5.41) is 3.16. The van der Waals surface area contributed by atoms with Crippen LogP contribution in [0.15, 0.2) is 54.6 Å². The van der Waals surface area contributed by atoms with Crippen molar-refractivity contribution in [1.82, 2.24) is 5.32 Å². The van der Waals surface area contributed by atoms with Gasteiger partial charge < -0.3 is 11.1 Å². The average molecular weight is 308 g/mol. The Balaban J connectivity index is 1.59. The van der Waals surface area contributed by atoms with Gasteiger partial charge in [-0.2, -0.15) is 0 Å². The molecule has 3 N–H and O–H groups in total. The first kappa shape index (κ1) is 15.8. The highest BCUT2D eigenvalue weighted by atomic mass is 16.1. The van der Waals surface area contributed by atoms with Gasteiger partial charge in [-0.25, -0.2) is 0 Å². The van der Waals surface area contributed by atoms with Crippen LogP contribution in [0, 0.1) is 5.92 Å². The predicted molar refractivity (Wildman–Crippen MR) is 93.9 cm³/mol. The monoisotopic (exact) mass is 308 g/mol. The molecule has 120 valence electrons. The maximum Gasteiger partial charge on any atom is 0.224 e. The lowest BCUT2D eigenvalue weighted by atomic mass is 10.0. The van der Waals surface area contributed by atoms with Gasteiger partial charge in [0.15, 0.2) is 0 Å². The van der Waals surface area contributed by atoms with E-state index in [0.717, 1.165) is 18.4 Å². The van der Waals surface area contributed by atoms with Crippen molar-refractivity contribution >= 4 is 5.91 Å². The summed E-state index contributed by atoms with van der Waals surface area (Å²) in [6, 6.07) is 18.8. The van der Waals surface area contributed by atoms with E-state index in [1.165, 1.54) is 17.5 Å². The molecule has 3 nitrogen and oxygen atoms in total. The summed E-state index contributed by atoms with van der Waals surface area (Å²) in [6.45, 7) is 0.663. The molecular weight excluding hydrogens is 284 g/mol. The zero-order valence-electron chi connectivity index (χ0n) is 13.4. The molecule has 2 aromatic carbocycles. The Hall–Kier alpha value is -2.13. The van der Waals surface area contributed by atoms with Crippen molar-refractivity contribution in [1.29, 1.82) is 0 Å². The van der Waals surface area contributed by atoms with Crippen LogP contribution in [0.5, 0.6) is 0 Å². The fraction of sp³-hybridized carbons (Fsp3) is 0.350. The SMILES string of the molecule is NCC1CCCC1NC(=O)Cc1ccc(-c2ccccc2)cc1. The second kappa shape index (κ2) is 7.42. The molecule has 23 heavy (non-hydrogen) atoms. The van der Waals surface area contributed by atoms with Crippen LogP contribution in [0.2, 0.25) is 0 Å². The second-order valence-electron chi connectivity index (χ2n) is 6.34. The Morgan fingerprint density at radius 2 is 1.70 bits per heavy atom. The maximum absolute atomic E-state index is 12.2. The van der Waals surface area contributed by atoms with Crippen LogP contribution in [0.25, 0.3) is 11.1 Å². The predicted octanol–water partition coefficient (Wildman–Crippen LogP) is 3.14. The Bertz CT molecular complexity index is 636. The average Bonchev–Trinajstić information content (AvgIpc) is 3.03. The third-order valence-corrected chi connectivity index (χ3v) is 4.73. The number of hydrogen-bond donors (Lipinski definition) is 2. The van der Waals surface area contributed by atoms with Crippen molar-refractivity contribution in [3.63, 3.8) is 0 Å². The summed E-state index contributed by atoms with van der Waals surface area (Å²) >= 11 is 0. The Morgan fingerprint density at radius 1 is 1.00 bits per heavy atom. The van der Waals surface area contributed by atoms with Gasteiger partial charge >= 0.3 is 0 Å². The number of carbonyl (C=O) groups is 1. The van der Waals surface area contributed by atoms with E-state index >= 15 is 0 Å². The molecule has 1 saturated carbocycles. The first-order valence-electron chi connectivity index (χ1n) is 8.40. The van der Waals surface area contributed by atoms with Gasteiger partial charge in [-0.3, -0.25) is 4.79 Å². The number of benzene rings is 2. The molecule has 0 radical (unpaired) electrons. The fourth-order valence-electron chi connectivity index (χ4n) is 3.40. The van der Waals surface area contributed by atoms with Gasteiger partial charge in [0.2, 0.25) is 5.91 Å². The lowest BCUT2D eigenvalue weighted by Crippen LogP contribution is -2.40. The third kappa shape index (κ3) is 3.99. The van der Waals surface area contributed by atoms with Gasteiger partial charge in [0.1, 0.15) is 0 Å². The summed E-state index contributed by atoms with van der Waals surface area (Å²) in [7, 11) is 0. The van der Waals surface area contributed by atoms with Crippen molar-refractivity contribution in [3.8, 4) is 11.1 Å². The number of rotatable bonds is 5. The first-order chi connectivity index (χ1) is 11.3. The molecule has 2 unspecified atom stereocenters. The van der Waals surface area contributed by atoms with E-state index in [9.17, 15) is 4.79 Å². The largest absolute Gasteiger partial charge is 0.353 e. The minimum atomic E-state index is 0.0998. The van der Waals surface area contributed by atoms with Gasteiger partial charge in [0.05, 0.1) is 6.42 Å². The smallest absolute Gasteiger partial charge is 0.224 e. The van der Waals surface area contributed by atoms with Gasteiger partial charge in [0, 0.05) is 6.04 Å². The van der Waals surface area contributed by atoms with Crippen LogP contribution in [0.1, 0.15) is 24.8 Å². The number of carbonyl (C=O) groups excluding carboxylic acids is 1. The molecule has 2 aromatic rings. The minimum Gasteiger partial charge on any atom is -0.353 e. The summed E-state index contributed by atoms with van der Waals surface area (Å²) in [5.74, 6) is 0.544. The molecule has 0 aromatic heterocycles. The van der Waals surface area contributed by atoms with Crippen LogP contribution in [0.4, 0.5) is 0 Å². The topological polar surface area (TPSA) is 55.1 Å². The minimum absolute atomic E-state index is 0.0998. The van der Waals surface area contributed by atoms with Crippen molar-refractivity contribution in [2.45, 2.75) is 31.7 Å². The molecule has 3 rings (SSSR count). The van der Waals surface area contributed by atoms with Gasteiger partial charge in [-0.15, -0.1) is 0 Å². The molecule has 1 fully saturated rings.